The lowest BCUT2D eigenvalue weighted by Gasteiger charge is -2.14. The third-order valence-corrected chi connectivity index (χ3v) is 6.55. The van der Waals surface area contributed by atoms with Crippen molar-refractivity contribution >= 4 is 5.97 Å². The first-order chi connectivity index (χ1) is 18.2. The molecular weight excluding hydrogens is 462 g/mol. The summed E-state index contributed by atoms with van der Waals surface area (Å²) in [5.74, 6) is 1.36. The predicted molar refractivity (Wildman–Crippen MR) is 152 cm³/mol. The average molecular weight is 512 g/mol. The highest BCUT2D eigenvalue weighted by atomic mass is 16.5. The number of carbonyl (C=O) groups excluding carboxylic acids is 1. The summed E-state index contributed by atoms with van der Waals surface area (Å²) in [5.41, 5.74) is 0.446. The van der Waals surface area contributed by atoms with Gasteiger partial charge in [-0.05, 0) is 43.2 Å². The molecule has 0 aliphatic heterocycles. The van der Waals surface area contributed by atoms with Gasteiger partial charge in [-0.25, -0.2) is 4.79 Å². The first-order valence-electron chi connectivity index (χ1n) is 14.8. The minimum Gasteiger partial charge on any atom is -0.490 e. The van der Waals surface area contributed by atoms with Gasteiger partial charge in [0.05, 0.1) is 18.8 Å². The van der Waals surface area contributed by atoms with E-state index in [0.29, 0.717) is 36.0 Å². The van der Waals surface area contributed by atoms with Gasteiger partial charge in [-0.2, -0.15) is 0 Å². The largest absolute Gasteiger partial charge is 0.490 e. The Morgan fingerprint density at radius 1 is 0.622 bits per heavy atom. The molecule has 0 saturated heterocycles. The van der Waals surface area contributed by atoms with E-state index in [1.165, 1.54) is 83.5 Å². The van der Waals surface area contributed by atoms with Gasteiger partial charge < -0.3 is 14.2 Å². The number of rotatable bonds is 22. The molecule has 2 rings (SSSR count). The number of benzene rings is 1. The highest BCUT2D eigenvalue weighted by molar-refractivity contribution is 5.91. The fourth-order valence-corrected chi connectivity index (χ4v) is 4.28. The highest BCUT2D eigenvalue weighted by Crippen LogP contribution is 2.30. The molecule has 37 heavy (non-hydrogen) atoms. The minimum absolute atomic E-state index is 0.419. The lowest BCUT2D eigenvalue weighted by atomic mass is 10.1. The number of hydrogen-bond acceptors (Lipinski definition) is 5. The van der Waals surface area contributed by atoms with Crippen LogP contribution in [0.3, 0.4) is 0 Å². The Balaban J connectivity index is 1.83. The van der Waals surface area contributed by atoms with E-state index in [2.05, 4.69) is 18.8 Å². The maximum atomic E-state index is 12.7. The summed E-state index contributed by atoms with van der Waals surface area (Å²) in [7, 11) is 0. The molecule has 1 heterocycles. The lowest BCUT2D eigenvalue weighted by Crippen LogP contribution is -2.10. The second-order valence-corrected chi connectivity index (χ2v) is 9.88. The van der Waals surface area contributed by atoms with Crippen molar-refractivity contribution in [2.75, 3.05) is 13.2 Å². The second kappa shape index (κ2) is 20.5. The molecule has 5 heteroatoms. The van der Waals surface area contributed by atoms with Crippen molar-refractivity contribution in [3.05, 3.63) is 48.3 Å². The van der Waals surface area contributed by atoms with Gasteiger partial charge in [-0.15, -0.1) is 0 Å². The monoisotopic (exact) mass is 511 g/mol. The minimum atomic E-state index is -0.419. The van der Waals surface area contributed by atoms with Crippen LogP contribution in [-0.2, 0) is 0 Å². The van der Waals surface area contributed by atoms with Gasteiger partial charge in [0.15, 0.2) is 11.5 Å². The van der Waals surface area contributed by atoms with Crippen LogP contribution < -0.4 is 14.2 Å². The molecule has 0 atom stereocenters. The summed E-state index contributed by atoms with van der Waals surface area (Å²) in [5, 5.41) is 0. The molecule has 2 aromatic rings. The molecule has 0 aliphatic carbocycles. The van der Waals surface area contributed by atoms with Crippen LogP contribution in [0, 0.1) is 0 Å². The molecule has 0 amide bonds. The van der Waals surface area contributed by atoms with Gasteiger partial charge in [0.2, 0.25) is 0 Å². The van der Waals surface area contributed by atoms with E-state index in [1.807, 2.05) is 6.07 Å². The zero-order chi connectivity index (χ0) is 26.4. The number of aromatic nitrogens is 1. The van der Waals surface area contributed by atoms with Gasteiger partial charge in [-0.1, -0.05) is 104 Å². The number of pyridine rings is 1. The van der Waals surface area contributed by atoms with Crippen LogP contribution in [0.25, 0.3) is 0 Å². The van der Waals surface area contributed by atoms with E-state index >= 15 is 0 Å². The quantitative estimate of drug-likeness (QED) is 0.116. The van der Waals surface area contributed by atoms with E-state index in [4.69, 9.17) is 14.2 Å². The van der Waals surface area contributed by atoms with Gasteiger partial charge in [0.25, 0.3) is 0 Å². The number of nitrogens with zero attached hydrogens (tertiary/aromatic N) is 1. The molecule has 0 aliphatic rings. The molecule has 206 valence electrons. The van der Waals surface area contributed by atoms with Crippen molar-refractivity contribution in [2.24, 2.45) is 0 Å². The van der Waals surface area contributed by atoms with Gasteiger partial charge in [0.1, 0.15) is 5.75 Å². The summed E-state index contributed by atoms with van der Waals surface area (Å²) in [6.07, 6.45) is 23.3. The van der Waals surface area contributed by atoms with Crippen LogP contribution in [-0.4, -0.2) is 24.2 Å². The Morgan fingerprint density at radius 2 is 1.11 bits per heavy atom. The van der Waals surface area contributed by atoms with Gasteiger partial charge >= 0.3 is 5.97 Å². The van der Waals surface area contributed by atoms with Crippen molar-refractivity contribution in [3.8, 4) is 17.2 Å². The normalized spacial score (nSPS) is 10.9. The predicted octanol–water partition coefficient (Wildman–Crippen LogP) is 9.34. The summed E-state index contributed by atoms with van der Waals surface area (Å²) in [6, 6.07) is 8.65. The van der Waals surface area contributed by atoms with Gasteiger partial charge in [-0.3, -0.25) is 4.98 Å². The standard InChI is InChI=1S/C32H49NO4/c1-3-5-7-9-11-13-15-17-25-35-30-20-19-28(32(34)37-29-21-23-33-24-22-29)27-31(30)36-26-18-16-14-12-10-8-6-4-2/h19-24,27H,3-18,25-26H2,1-2H3. The summed E-state index contributed by atoms with van der Waals surface area (Å²) in [6.45, 7) is 5.77. The molecule has 0 saturated carbocycles. The average Bonchev–Trinajstić information content (AvgIpc) is 2.92. The Labute approximate surface area is 225 Å². The van der Waals surface area contributed by atoms with Crippen molar-refractivity contribution in [1.82, 2.24) is 4.98 Å². The Morgan fingerprint density at radius 3 is 1.65 bits per heavy atom. The number of unbranched alkanes of at least 4 members (excludes halogenated alkanes) is 14. The zero-order valence-electron chi connectivity index (χ0n) is 23.3. The van der Waals surface area contributed by atoms with E-state index in [-0.39, 0.29) is 0 Å². The fraction of sp³-hybridized carbons (Fsp3) is 0.625. The second-order valence-electron chi connectivity index (χ2n) is 9.88. The SMILES string of the molecule is CCCCCCCCCCOc1ccc(C(=O)Oc2ccncc2)cc1OCCCCCCCCCC. The maximum Gasteiger partial charge on any atom is 0.343 e. The smallest absolute Gasteiger partial charge is 0.343 e. The number of esters is 1. The molecule has 0 N–H and O–H groups in total. The molecule has 1 aromatic carbocycles. The topological polar surface area (TPSA) is 57.7 Å². The molecule has 0 spiro atoms. The Bertz CT molecular complexity index is 840. The highest BCUT2D eigenvalue weighted by Gasteiger charge is 2.14. The molecule has 0 fully saturated rings. The van der Waals surface area contributed by atoms with Crippen LogP contribution in [0.4, 0.5) is 0 Å². The first-order valence-corrected chi connectivity index (χ1v) is 14.8. The summed E-state index contributed by atoms with van der Waals surface area (Å²) in [4.78, 5) is 16.6. The van der Waals surface area contributed by atoms with Crippen LogP contribution >= 0.6 is 0 Å². The van der Waals surface area contributed by atoms with Crippen LogP contribution in [0.1, 0.15) is 127 Å². The van der Waals surface area contributed by atoms with Crippen molar-refractivity contribution in [1.29, 1.82) is 0 Å². The van der Waals surface area contributed by atoms with E-state index in [9.17, 15) is 4.79 Å². The van der Waals surface area contributed by atoms with Crippen LogP contribution in [0.2, 0.25) is 0 Å². The lowest BCUT2D eigenvalue weighted by molar-refractivity contribution is 0.0734. The maximum absolute atomic E-state index is 12.7. The molecule has 0 radical (unpaired) electrons. The van der Waals surface area contributed by atoms with Gasteiger partial charge in [0, 0.05) is 12.4 Å². The third kappa shape index (κ3) is 14.1. The van der Waals surface area contributed by atoms with Crippen LogP contribution in [0.15, 0.2) is 42.7 Å². The van der Waals surface area contributed by atoms with E-state index < -0.39 is 5.97 Å². The van der Waals surface area contributed by atoms with E-state index in [0.717, 1.165) is 19.3 Å². The molecule has 0 bridgehead atoms. The summed E-state index contributed by atoms with van der Waals surface area (Å²) < 4.78 is 17.7. The summed E-state index contributed by atoms with van der Waals surface area (Å²) >= 11 is 0. The zero-order valence-corrected chi connectivity index (χ0v) is 23.3. The number of carbonyl (C=O) groups is 1. The third-order valence-electron chi connectivity index (χ3n) is 6.55. The number of ether oxygens (including phenoxy) is 3. The number of hydrogen-bond donors (Lipinski definition) is 0. The van der Waals surface area contributed by atoms with Crippen molar-refractivity contribution in [2.45, 2.75) is 117 Å². The molecule has 5 nitrogen and oxygen atoms in total. The van der Waals surface area contributed by atoms with Crippen molar-refractivity contribution < 1.29 is 19.0 Å². The first kappa shape index (κ1) is 30.7. The van der Waals surface area contributed by atoms with Crippen molar-refractivity contribution in [3.63, 3.8) is 0 Å². The molecular formula is C32H49NO4. The van der Waals surface area contributed by atoms with Crippen LogP contribution in [0.5, 0.6) is 17.2 Å². The molecule has 0 unspecified atom stereocenters. The van der Waals surface area contributed by atoms with E-state index in [1.54, 1.807) is 36.7 Å². The Hall–Kier alpha value is -2.56. The Kier molecular flexibility index (Phi) is 17.0. The molecule has 1 aromatic heterocycles. The fourth-order valence-electron chi connectivity index (χ4n) is 4.28.